The number of alkyl halides is 3. The maximum absolute atomic E-state index is 12.9. The Balaban J connectivity index is 1.47. The molecule has 0 amide bonds. The minimum absolute atomic E-state index is 0.0372. The summed E-state index contributed by atoms with van der Waals surface area (Å²) in [6.07, 6.45) is -3.18. The summed E-state index contributed by atoms with van der Waals surface area (Å²) in [7, 11) is 1.53. The zero-order chi connectivity index (χ0) is 25.7. The summed E-state index contributed by atoms with van der Waals surface area (Å²) < 4.78 is 55.7. The van der Waals surface area contributed by atoms with E-state index < -0.39 is 6.36 Å². The molecule has 1 saturated carbocycles. The number of ether oxygens (including phenoxy) is 3. The van der Waals surface area contributed by atoms with Gasteiger partial charge in [0, 0.05) is 25.3 Å². The molecule has 1 fully saturated rings. The number of halogens is 3. The van der Waals surface area contributed by atoms with E-state index in [1.54, 1.807) is 16.8 Å². The van der Waals surface area contributed by atoms with Crippen LogP contribution in [0.2, 0.25) is 0 Å². The monoisotopic (exact) mass is 505 g/mol. The summed E-state index contributed by atoms with van der Waals surface area (Å²) in [6.45, 7) is 2.58. The molecular formula is C25H30F3N5O3. The van der Waals surface area contributed by atoms with Crippen LogP contribution in [0.5, 0.6) is 11.6 Å². The zero-order valence-electron chi connectivity index (χ0n) is 20.1. The average Bonchev–Trinajstić information content (AvgIpc) is 3.12. The maximum atomic E-state index is 12.9. The number of para-hydroxylation sites is 1. The van der Waals surface area contributed by atoms with E-state index >= 15 is 0 Å². The van der Waals surface area contributed by atoms with Gasteiger partial charge in [-0.2, -0.15) is 0 Å². The van der Waals surface area contributed by atoms with E-state index in [0.29, 0.717) is 17.3 Å². The van der Waals surface area contributed by atoms with Crippen molar-refractivity contribution in [2.45, 2.75) is 51.4 Å². The number of nitrogens with two attached hydrogens (primary N) is 1. The Labute approximate surface area is 207 Å². The van der Waals surface area contributed by atoms with Crippen LogP contribution in [0.4, 0.5) is 19.0 Å². The fourth-order valence-corrected chi connectivity index (χ4v) is 4.01. The molecule has 3 aromatic rings. The average molecular weight is 506 g/mol. The van der Waals surface area contributed by atoms with Crippen LogP contribution in [-0.2, 0) is 17.9 Å². The topological polar surface area (TPSA) is 95.6 Å². The predicted octanol–water partition coefficient (Wildman–Crippen LogP) is 4.25. The molecule has 2 aromatic carbocycles. The van der Waals surface area contributed by atoms with Gasteiger partial charge in [0.05, 0.1) is 24.5 Å². The van der Waals surface area contributed by atoms with Crippen LogP contribution in [0.15, 0.2) is 48.5 Å². The number of nitrogens with zero attached hydrogens (tertiary/aromatic N) is 2. The summed E-state index contributed by atoms with van der Waals surface area (Å²) in [5.41, 5.74) is 8.66. The molecular weight excluding hydrogens is 475 g/mol. The molecule has 4 rings (SSSR count). The minimum atomic E-state index is -4.78. The molecule has 0 aliphatic heterocycles. The fourth-order valence-electron chi connectivity index (χ4n) is 4.01. The van der Waals surface area contributed by atoms with Crippen molar-refractivity contribution in [3.05, 3.63) is 65.2 Å². The Hall–Kier alpha value is -3.28. The highest BCUT2D eigenvalue weighted by Crippen LogP contribution is 2.32. The number of anilines is 1. The van der Waals surface area contributed by atoms with Crippen LogP contribution >= 0.6 is 0 Å². The highest BCUT2D eigenvalue weighted by molar-refractivity contribution is 5.55. The molecule has 1 aromatic heterocycles. The van der Waals surface area contributed by atoms with Gasteiger partial charge in [0.25, 0.3) is 0 Å². The van der Waals surface area contributed by atoms with Gasteiger partial charge in [-0.15, -0.1) is 18.3 Å². The van der Waals surface area contributed by atoms with Gasteiger partial charge < -0.3 is 25.3 Å². The summed E-state index contributed by atoms with van der Waals surface area (Å²) in [4.78, 5) is 0. The van der Waals surface area contributed by atoms with Gasteiger partial charge in [-0.25, -0.2) is 4.68 Å². The Morgan fingerprint density at radius 2 is 1.89 bits per heavy atom. The first-order valence-electron chi connectivity index (χ1n) is 11.6. The molecule has 0 unspecified atom stereocenters. The highest BCUT2D eigenvalue weighted by atomic mass is 19.4. The van der Waals surface area contributed by atoms with Crippen molar-refractivity contribution in [1.29, 1.82) is 0 Å². The van der Waals surface area contributed by atoms with Crippen molar-refractivity contribution < 1.29 is 27.4 Å². The third-order valence-corrected chi connectivity index (χ3v) is 5.85. The number of rotatable bonds is 11. The SMILES string of the molecule is COCc1ccc(OC(F)(F)F)c(CNCNc2c(C)c(O[C@H]3C[C@H](N)C3)nn2-c2ccccc2)c1. The number of nitrogens with one attached hydrogen (secondary N) is 2. The molecule has 0 atom stereocenters. The molecule has 36 heavy (non-hydrogen) atoms. The van der Waals surface area contributed by atoms with Crippen molar-refractivity contribution >= 4 is 5.82 Å². The highest BCUT2D eigenvalue weighted by Gasteiger charge is 2.32. The normalized spacial score (nSPS) is 17.5. The number of aromatic nitrogens is 2. The standard InChI is InChI=1S/C25H30F3N5O3/c1-16-23(33(20-6-4-3-5-7-20)32-24(16)35-21-11-19(29)12-21)31-15-30-13-18-10-17(14-34-2)8-9-22(18)36-25(26,27)28/h3-10,19,21,30-31H,11-15,29H2,1-2H3/t19-,21-. The number of benzene rings is 2. The van der Waals surface area contributed by atoms with Gasteiger partial charge in [0.15, 0.2) is 0 Å². The van der Waals surface area contributed by atoms with Crippen LogP contribution in [0.3, 0.4) is 0 Å². The predicted molar refractivity (Wildman–Crippen MR) is 129 cm³/mol. The third-order valence-electron chi connectivity index (χ3n) is 5.85. The summed E-state index contributed by atoms with van der Waals surface area (Å²) in [5, 5.41) is 11.1. The van der Waals surface area contributed by atoms with Gasteiger partial charge >= 0.3 is 6.36 Å². The fraction of sp³-hybridized carbons (Fsp3) is 0.400. The molecule has 0 saturated heterocycles. The first-order valence-corrected chi connectivity index (χ1v) is 11.6. The first-order chi connectivity index (χ1) is 17.2. The lowest BCUT2D eigenvalue weighted by atomic mass is 9.90. The molecule has 1 aliphatic rings. The lowest BCUT2D eigenvalue weighted by molar-refractivity contribution is -0.274. The van der Waals surface area contributed by atoms with Gasteiger partial charge in [-0.3, -0.25) is 5.32 Å². The molecule has 0 radical (unpaired) electrons. The van der Waals surface area contributed by atoms with Crippen molar-refractivity contribution in [3.63, 3.8) is 0 Å². The van der Waals surface area contributed by atoms with Crippen LogP contribution in [0, 0.1) is 6.92 Å². The molecule has 194 valence electrons. The first kappa shape index (κ1) is 25.8. The molecule has 0 bridgehead atoms. The van der Waals surface area contributed by atoms with E-state index in [1.807, 2.05) is 37.3 Å². The quantitative estimate of drug-likeness (QED) is 0.265. The number of hydrogen-bond acceptors (Lipinski definition) is 7. The summed E-state index contributed by atoms with van der Waals surface area (Å²) in [5.74, 6) is 0.980. The molecule has 4 N–H and O–H groups in total. The van der Waals surface area contributed by atoms with Crippen LogP contribution in [0.25, 0.3) is 5.69 Å². The van der Waals surface area contributed by atoms with Crippen LogP contribution in [0.1, 0.15) is 29.5 Å². The molecule has 1 heterocycles. The Morgan fingerprint density at radius 1 is 1.14 bits per heavy atom. The Kier molecular flexibility index (Phi) is 8.02. The van der Waals surface area contributed by atoms with Crippen LogP contribution in [-0.4, -0.2) is 42.1 Å². The van der Waals surface area contributed by atoms with Crippen molar-refractivity contribution in [3.8, 4) is 17.3 Å². The third kappa shape index (κ3) is 6.48. The van der Waals surface area contributed by atoms with E-state index in [2.05, 4.69) is 20.5 Å². The molecule has 1 aliphatic carbocycles. The Bertz CT molecular complexity index is 1150. The summed E-state index contributed by atoms with van der Waals surface area (Å²) >= 11 is 0. The van der Waals surface area contributed by atoms with Gasteiger partial charge in [0.1, 0.15) is 17.7 Å². The Morgan fingerprint density at radius 3 is 2.56 bits per heavy atom. The maximum Gasteiger partial charge on any atom is 0.573 e. The van der Waals surface area contributed by atoms with Gasteiger partial charge in [0.2, 0.25) is 5.88 Å². The van der Waals surface area contributed by atoms with Gasteiger partial charge in [-0.1, -0.05) is 24.3 Å². The second-order valence-corrected chi connectivity index (χ2v) is 8.70. The number of hydrogen-bond donors (Lipinski definition) is 3. The second-order valence-electron chi connectivity index (χ2n) is 8.70. The lowest BCUT2D eigenvalue weighted by Crippen LogP contribution is -2.43. The van der Waals surface area contributed by atoms with E-state index in [0.717, 1.165) is 29.7 Å². The smallest absolute Gasteiger partial charge is 0.473 e. The van der Waals surface area contributed by atoms with Crippen molar-refractivity contribution in [1.82, 2.24) is 15.1 Å². The molecule has 11 heteroatoms. The molecule has 8 nitrogen and oxygen atoms in total. The number of methoxy groups -OCH3 is 1. The van der Waals surface area contributed by atoms with Crippen molar-refractivity contribution in [2.24, 2.45) is 5.73 Å². The van der Waals surface area contributed by atoms with Crippen LogP contribution < -0.4 is 25.8 Å². The van der Waals surface area contributed by atoms with Gasteiger partial charge in [-0.05, 0) is 49.6 Å². The van der Waals surface area contributed by atoms with E-state index in [1.165, 1.54) is 13.2 Å². The van der Waals surface area contributed by atoms with E-state index in [-0.39, 0.29) is 37.7 Å². The largest absolute Gasteiger partial charge is 0.573 e. The second kappa shape index (κ2) is 11.2. The minimum Gasteiger partial charge on any atom is -0.473 e. The van der Waals surface area contributed by atoms with E-state index in [9.17, 15) is 13.2 Å². The lowest BCUT2D eigenvalue weighted by Gasteiger charge is -2.31. The van der Waals surface area contributed by atoms with E-state index in [4.69, 9.17) is 15.2 Å². The summed E-state index contributed by atoms with van der Waals surface area (Å²) in [6, 6.07) is 14.2. The zero-order valence-corrected chi connectivity index (χ0v) is 20.1. The molecule has 0 spiro atoms. The van der Waals surface area contributed by atoms with Crippen molar-refractivity contribution in [2.75, 3.05) is 19.1 Å².